The molecule has 0 amide bonds. The minimum absolute atomic E-state index is 0.530. The van der Waals surface area contributed by atoms with Gasteiger partial charge in [0.05, 0.1) is 0 Å². The van der Waals surface area contributed by atoms with Crippen molar-refractivity contribution in [3.05, 3.63) is 36.4 Å². The molecule has 0 fully saturated rings. The molecule has 0 radical (unpaired) electrons. The van der Waals surface area contributed by atoms with Gasteiger partial charge in [-0.05, 0) is 17.7 Å². The van der Waals surface area contributed by atoms with E-state index < -0.39 is 6.36 Å². The molecule has 0 aliphatic rings. The minimum Gasteiger partial charge on any atom is -0.461 e. The number of rotatable bonds is 3. The summed E-state index contributed by atoms with van der Waals surface area (Å²) in [6, 6.07) is 7.13. The van der Waals surface area contributed by atoms with Crippen LogP contribution in [0.15, 0.2) is 30.8 Å². The number of hydrogen-bond donors (Lipinski definition) is 0. The molecule has 1 unspecified atom stereocenters. The van der Waals surface area contributed by atoms with Crippen LogP contribution in [0.3, 0.4) is 0 Å². The number of ether oxygens (including phenoxy) is 1. The standard InChI is InChI=1S/C10H11FO/c1-3-9-5-4-6-10(7-9)12-8(2)11/h3-8H,1H2,2H3. The molecule has 2 heteroatoms. The van der Waals surface area contributed by atoms with E-state index in [0.717, 1.165) is 5.56 Å². The van der Waals surface area contributed by atoms with Crippen LogP contribution in [0.5, 0.6) is 5.75 Å². The first-order valence-electron chi connectivity index (χ1n) is 3.75. The first-order valence-corrected chi connectivity index (χ1v) is 3.75. The van der Waals surface area contributed by atoms with Gasteiger partial charge < -0.3 is 4.74 Å². The summed E-state index contributed by atoms with van der Waals surface area (Å²) in [5.74, 6) is 0.530. The van der Waals surface area contributed by atoms with Crippen molar-refractivity contribution in [1.82, 2.24) is 0 Å². The highest BCUT2D eigenvalue weighted by molar-refractivity contribution is 5.49. The van der Waals surface area contributed by atoms with Crippen LogP contribution in [0.2, 0.25) is 0 Å². The molecule has 0 spiro atoms. The van der Waals surface area contributed by atoms with Gasteiger partial charge in [-0.3, -0.25) is 0 Å². The fourth-order valence-corrected chi connectivity index (χ4v) is 0.902. The van der Waals surface area contributed by atoms with E-state index in [4.69, 9.17) is 4.74 Å². The molecule has 0 saturated carbocycles. The molecule has 0 aromatic heterocycles. The number of halogens is 1. The van der Waals surface area contributed by atoms with Crippen LogP contribution in [0.1, 0.15) is 12.5 Å². The zero-order chi connectivity index (χ0) is 8.97. The van der Waals surface area contributed by atoms with Crippen molar-refractivity contribution in [2.24, 2.45) is 0 Å². The van der Waals surface area contributed by atoms with Crippen molar-refractivity contribution in [2.45, 2.75) is 13.3 Å². The summed E-state index contributed by atoms with van der Waals surface area (Å²) in [5.41, 5.74) is 0.924. The molecule has 1 aromatic rings. The largest absolute Gasteiger partial charge is 0.461 e. The lowest BCUT2D eigenvalue weighted by molar-refractivity contribution is 0.0860. The summed E-state index contributed by atoms with van der Waals surface area (Å²) < 4.78 is 17.2. The van der Waals surface area contributed by atoms with Crippen molar-refractivity contribution in [3.63, 3.8) is 0 Å². The summed E-state index contributed by atoms with van der Waals surface area (Å²) in [6.45, 7) is 4.95. The Morgan fingerprint density at radius 1 is 1.58 bits per heavy atom. The zero-order valence-corrected chi connectivity index (χ0v) is 6.96. The highest BCUT2D eigenvalue weighted by Crippen LogP contribution is 2.15. The summed E-state index contributed by atoms with van der Waals surface area (Å²) in [7, 11) is 0. The van der Waals surface area contributed by atoms with Crippen molar-refractivity contribution in [3.8, 4) is 5.75 Å². The van der Waals surface area contributed by atoms with Crippen LogP contribution in [0, 0.1) is 0 Å². The molecular weight excluding hydrogens is 155 g/mol. The first kappa shape index (κ1) is 8.78. The molecule has 0 bridgehead atoms. The molecule has 0 N–H and O–H groups in total. The van der Waals surface area contributed by atoms with Crippen LogP contribution in [0.25, 0.3) is 6.08 Å². The van der Waals surface area contributed by atoms with Crippen molar-refractivity contribution in [2.75, 3.05) is 0 Å². The van der Waals surface area contributed by atoms with E-state index in [-0.39, 0.29) is 0 Å². The third-order valence-corrected chi connectivity index (χ3v) is 1.39. The molecule has 1 rings (SSSR count). The summed E-state index contributed by atoms with van der Waals surface area (Å²) in [6.07, 6.45) is 0.417. The zero-order valence-electron chi connectivity index (χ0n) is 6.96. The van der Waals surface area contributed by atoms with Crippen molar-refractivity contribution >= 4 is 6.08 Å². The summed E-state index contributed by atoms with van der Waals surface area (Å²) >= 11 is 0. The van der Waals surface area contributed by atoms with Crippen LogP contribution in [-0.4, -0.2) is 6.36 Å². The Balaban J connectivity index is 2.79. The summed E-state index contributed by atoms with van der Waals surface area (Å²) in [5, 5.41) is 0. The lowest BCUT2D eigenvalue weighted by Gasteiger charge is -2.06. The molecule has 1 atom stereocenters. The van der Waals surface area contributed by atoms with E-state index in [9.17, 15) is 4.39 Å². The van der Waals surface area contributed by atoms with Gasteiger partial charge in [0.2, 0.25) is 6.36 Å². The minimum atomic E-state index is -1.27. The van der Waals surface area contributed by atoms with E-state index in [0.29, 0.717) is 5.75 Å². The van der Waals surface area contributed by atoms with Gasteiger partial charge in [0.1, 0.15) is 5.75 Å². The van der Waals surface area contributed by atoms with Crippen molar-refractivity contribution < 1.29 is 9.13 Å². The fourth-order valence-electron chi connectivity index (χ4n) is 0.902. The Hall–Kier alpha value is -1.31. The number of hydrogen-bond acceptors (Lipinski definition) is 1. The van der Waals surface area contributed by atoms with Crippen LogP contribution in [0.4, 0.5) is 4.39 Å². The molecule has 0 heterocycles. The highest BCUT2D eigenvalue weighted by Gasteiger charge is 1.99. The van der Waals surface area contributed by atoms with Crippen LogP contribution in [-0.2, 0) is 0 Å². The third-order valence-electron chi connectivity index (χ3n) is 1.39. The average Bonchev–Trinajstić information content (AvgIpc) is 2.03. The lowest BCUT2D eigenvalue weighted by atomic mass is 10.2. The van der Waals surface area contributed by atoms with E-state index in [1.165, 1.54) is 6.92 Å². The normalized spacial score (nSPS) is 12.2. The summed E-state index contributed by atoms with van der Waals surface area (Å²) in [4.78, 5) is 0. The van der Waals surface area contributed by atoms with Gasteiger partial charge in [0.25, 0.3) is 0 Å². The highest BCUT2D eigenvalue weighted by atomic mass is 19.1. The van der Waals surface area contributed by atoms with Crippen LogP contribution < -0.4 is 4.74 Å². The Morgan fingerprint density at radius 3 is 2.92 bits per heavy atom. The van der Waals surface area contributed by atoms with Crippen LogP contribution >= 0.6 is 0 Å². The first-order chi connectivity index (χ1) is 5.72. The second-order valence-electron chi connectivity index (χ2n) is 2.44. The number of alkyl halides is 1. The molecule has 12 heavy (non-hydrogen) atoms. The predicted octanol–water partition coefficient (Wildman–Crippen LogP) is 3.02. The Bertz CT molecular complexity index is 268. The van der Waals surface area contributed by atoms with Gasteiger partial charge >= 0.3 is 0 Å². The van der Waals surface area contributed by atoms with Gasteiger partial charge in [-0.15, -0.1) is 0 Å². The monoisotopic (exact) mass is 166 g/mol. The fraction of sp³-hybridized carbons (Fsp3) is 0.200. The van der Waals surface area contributed by atoms with E-state index >= 15 is 0 Å². The maximum atomic E-state index is 12.4. The maximum Gasteiger partial charge on any atom is 0.235 e. The van der Waals surface area contributed by atoms with E-state index in [1.54, 1.807) is 24.3 Å². The van der Waals surface area contributed by atoms with Gasteiger partial charge in [0, 0.05) is 6.92 Å². The number of benzene rings is 1. The van der Waals surface area contributed by atoms with Gasteiger partial charge in [-0.1, -0.05) is 24.8 Å². The molecule has 0 aliphatic carbocycles. The smallest absolute Gasteiger partial charge is 0.235 e. The molecule has 64 valence electrons. The van der Waals surface area contributed by atoms with Gasteiger partial charge in [-0.25, -0.2) is 4.39 Å². The topological polar surface area (TPSA) is 9.23 Å². The SMILES string of the molecule is C=Cc1cccc(OC(C)F)c1. The van der Waals surface area contributed by atoms with Crippen molar-refractivity contribution in [1.29, 1.82) is 0 Å². The maximum absolute atomic E-state index is 12.4. The average molecular weight is 166 g/mol. The Labute approximate surface area is 71.5 Å². The lowest BCUT2D eigenvalue weighted by Crippen LogP contribution is -2.03. The Morgan fingerprint density at radius 2 is 2.33 bits per heavy atom. The molecule has 1 nitrogen and oxygen atoms in total. The second-order valence-corrected chi connectivity index (χ2v) is 2.44. The third kappa shape index (κ3) is 2.38. The molecular formula is C10H11FO. The van der Waals surface area contributed by atoms with E-state index in [1.807, 2.05) is 6.07 Å². The Kier molecular flexibility index (Phi) is 2.86. The second kappa shape index (κ2) is 3.90. The quantitative estimate of drug-likeness (QED) is 0.670. The molecule has 0 aliphatic heterocycles. The molecule has 0 saturated heterocycles. The van der Waals surface area contributed by atoms with E-state index in [2.05, 4.69) is 6.58 Å². The predicted molar refractivity (Wildman–Crippen MR) is 47.7 cm³/mol. The van der Waals surface area contributed by atoms with Gasteiger partial charge in [0.15, 0.2) is 0 Å². The van der Waals surface area contributed by atoms with Gasteiger partial charge in [-0.2, -0.15) is 0 Å². The molecule has 1 aromatic carbocycles.